The Morgan fingerprint density at radius 1 is 0.143 bits per heavy atom. The molecule has 0 spiro atoms. The van der Waals surface area contributed by atoms with Crippen molar-refractivity contribution < 1.29 is 0 Å². The third kappa shape index (κ3) is 10.5. The summed E-state index contributed by atoms with van der Waals surface area (Å²) in [5, 5.41) is 0. The van der Waals surface area contributed by atoms with Gasteiger partial charge >= 0.3 is 0 Å². The van der Waals surface area contributed by atoms with Crippen molar-refractivity contribution in [1.29, 1.82) is 0 Å². The van der Waals surface area contributed by atoms with Gasteiger partial charge in [-0.25, -0.2) is 39.9 Å². The van der Waals surface area contributed by atoms with Gasteiger partial charge in [-0.2, -0.15) is 0 Å². The molecule has 0 unspecified atom stereocenters. The SMILES string of the molecule is c1ccc(-c2ccc(-c3cc(-c4nc(-c5ccccc5)nc(-c5ccccc5)n4)ccc3-c3ccccc3)c(-c3nc(-c4ccccc4)ccc3-c3cc(-c4nc(-c5ccccc5)nc(-c5ccccc5)n4)ccc3-c3ccccc3)n2)cc1. The molecule has 394 valence electrons. The van der Waals surface area contributed by atoms with Gasteiger partial charge in [-0.15, -0.1) is 0 Å². The van der Waals surface area contributed by atoms with E-state index in [0.29, 0.717) is 46.3 Å². The van der Waals surface area contributed by atoms with Crippen LogP contribution in [0, 0.1) is 0 Å². The first-order valence-corrected chi connectivity index (χ1v) is 27.9. The fourth-order valence-corrected chi connectivity index (χ4v) is 10.7. The molecular weight excluding hydrogens is 1020 g/mol. The van der Waals surface area contributed by atoms with Gasteiger partial charge in [0.1, 0.15) is 0 Å². The summed E-state index contributed by atoms with van der Waals surface area (Å²) in [6.07, 6.45) is 0. The van der Waals surface area contributed by atoms with E-state index in [1.165, 1.54) is 0 Å². The van der Waals surface area contributed by atoms with Gasteiger partial charge in [-0.1, -0.05) is 267 Å². The summed E-state index contributed by atoms with van der Waals surface area (Å²) in [5.74, 6) is 3.40. The molecule has 0 aliphatic heterocycles. The van der Waals surface area contributed by atoms with Gasteiger partial charge in [-0.05, 0) is 69.8 Å². The van der Waals surface area contributed by atoms with Gasteiger partial charge in [0.25, 0.3) is 0 Å². The Kier molecular flexibility index (Phi) is 13.9. The molecule has 0 atom stereocenters. The zero-order chi connectivity index (χ0) is 56.0. The van der Waals surface area contributed by atoms with Crippen molar-refractivity contribution >= 4 is 0 Å². The van der Waals surface area contributed by atoms with E-state index < -0.39 is 0 Å². The lowest BCUT2D eigenvalue weighted by Crippen LogP contribution is -2.02. The van der Waals surface area contributed by atoms with Crippen LogP contribution >= 0.6 is 0 Å². The first kappa shape index (κ1) is 50.7. The highest BCUT2D eigenvalue weighted by Gasteiger charge is 2.25. The number of hydrogen-bond donors (Lipinski definition) is 0. The van der Waals surface area contributed by atoms with Gasteiger partial charge in [0.2, 0.25) is 0 Å². The quantitative estimate of drug-likeness (QED) is 0.112. The minimum absolute atomic E-state index is 0.539. The van der Waals surface area contributed by atoms with Crippen LogP contribution in [0.15, 0.2) is 303 Å². The van der Waals surface area contributed by atoms with E-state index in [4.69, 9.17) is 39.9 Å². The van der Waals surface area contributed by atoms with E-state index in [0.717, 1.165) is 100 Å². The normalized spacial score (nSPS) is 11.1. The van der Waals surface area contributed by atoms with Crippen molar-refractivity contribution in [1.82, 2.24) is 39.9 Å². The molecule has 0 saturated carbocycles. The monoisotopic (exact) mass is 1070 g/mol. The molecule has 14 aromatic rings. The Morgan fingerprint density at radius 2 is 0.369 bits per heavy atom. The van der Waals surface area contributed by atoms with Crippen LogP contribution in [0.2, 0.25) is 0 Å². The summed E-state index contributed by atoms with van der Waals surface area (Å²) in [6.45, 7) is 0. The molecule has 14 rings (SSSR count). The Morgan fingerprint density at radius 3 is 0.643 bits per heavy atom. The molecule has 0 N–H and O–H groups in total. The molecular formula is C76H50N8. The van der Waals surface area contributed by atoms with E-state index in [-0.39, 0.29) is 0 Å². The van der Waals surface area contributed by atoms with Crippen molar-refractivity contribution in [3.63, 3.8) is 0 Å². The Hall–Kier alpha value is -11.5. The maximum Gasteiger partial charge on any atom is 0.164 e. The molecule has 0 aliphatic carbocycles. The van der Waals surface area contributed by atoms with Crippen molar-refractivity contribution in [3.05, 3.63) is 303 Å². The van der Waals surface area contributed by atoms with Gasteiger partial charge in [0, 0.05) is 55.6 Å². The number of rotatable bonds is 13. The fourth-order valence-electron chi connectivity index (χ4n) is 10.7. The summed E-state index contributed by atoms with van der Waals surface area (Å²) in [4.78, 5) is 42.6. The highest BCUT2D eigenvalue weighted by atomic mass is 15.0. The second kappa shape index (κ2) is 22.9. The summed E-state index contributed by atoms with van der Waals surface area (Å²) in [6, 6.07) is 104. The molecule has 8 nitrogen and oxygen atoms in total. The van der Waals surface area contributed by atoms with Gasteiger partial charge < -0.3 is 0 Å². The number of nitrogens with zero attached hydrogens (tertiary/aromatic N) is 8. The number of hydrogen-bond acceptors (Lipinski definition) is 8. The van der Waals surface area contributed by atoms with E-state index in [9.17, 15) is 0 Å². The highest BCUT2D eigenvalue weighted by molar-refractivity contribution is 5.99. The van der Waals surface area contributed by atoms with Crippen LogP contribution in [-0.4, -0.2) is 39.9 Å². The molecule has 10 aromatic carbocycles. The number of pyridine rings is 2. The van der Waals surface area contributed by atoms with Gasteiger partial charge in [-0.3, -0.25) is 0 Å². The van der Waals surface area contributed by atoms with Crippen LogP contribution in [0.5, 0.6) is 0 Å². The van der Waals surface area contributed by atoms with E-state index in [2.05, 4.69) is 158 Å². The van der Waals surface area contributed by atoms with E-state index >= 15 is 0 Å². The highest BCUT2D eigenvalue weighted by Crippen LogP contribution is 2.46. The van der Waals surface area contributed by atoms with Crippen LogP contribution in [0.25, 0.3) is 147 Å². The summed E-state index contributed by atoms with van der Waals surface area (Å²) >= 11 is 0. The topological polar surface area (TPSA) is 103 Å². The summed E-state index contributed by atoms with van der Waals surface area (Å²) in [5.41, 5.74) is 17.8. The third-order valence-electron chi connectivity index (χ3n) is 14.9. The maximum absolute atomic E-state index is 5.79. The standard InChI is InChI=1S/C76H50N8/c1-9-25-51(26-10-1)61-43-41-59(75-81-71(55-33-17-5-18-34-55)79-72(82-75)56-35-19-6-20-36-56)49-65(61)63-45-47-67(53-29-13-3-14-30-53)77-69(63)70-64(46-48-68(78-70)54-31-15-4-16-32-54)66-50-60(42-44-62(66)52-27-11-2-12-28-52)76-83-73(57-37-21-7-22-38-57)80-74(84-76)58-39-23-8-24-40-58/h1-50H. The first-order chi connectivity index (χ1) is 41.6. The van der Waals surface area contributed by atoms with Crippen molar-refractivity contribution in [3.8, 4) is 147 Å². The molecule has 0 fully saturated rings. The van der Waals surface area contributed by atoms with Crippen LogP contribution in [-0.2, 0) is 0 Å². The minimum Gasteiger partial charge on any atom is -0.245 e. The van der Waals surface area contributed by atoms with Crippen LogP contribution in [0.1, 0.15) is 0 Å². The maximum atomic E-state index is 5.79. The first-order valence-electron chi connectivity index (χ1n) is 27.9. The molecule has 0 aliphatic rings. The molecule has 4 aromatic heterocycles. The smallest absolute Gasteiger partial charge is 0.164 e. The van der Waals surface area contributed by atoms with E-state index in [1.54, 1.807) is 0 Å². The zero-order valence-electron chi connectivity index (χ0n) is 45.4. The molecule has 84 heavy (non-hydrogen) atoms. The zero-order valence-corrected chi connectivity index (χ0v) is 45.4. The average Bonchev–Trinajstić information content (AvgIpc) is 2.37. The predicted molar refractivity (Wildman–Crippen MR) is 339 cm³/mol. The second-order valence-electron chi connectivity index (χ2n) is 20.2. The fraction of sp³-hybridized carbons (Fsp3) is 0. The molecule has 8 heteroatoms. The third-order valence-corrected chi connectivity index (χ3v) is 14.9. The predicted octanol–water partition coefficient (Wildman–Crippen LogP) is 18.5. The lowest BCUT2D eigenvalue weighted by Gasteiger charge is -2.20. The Labute approximate surface area is 487 Å². The average molecular weight is 1080 g/mol. The van der Waals surface area contributed by atoms with Gasteiger partial charge in [0.15, 0.2) is 34.9 Å². The summed E-state index contributed by atoms with van der Waals surface area (Å²) < 4.78 is 0. The van der Waals surface area contributed by atoms with Crippen molar-refractivity contribution in [2.45, 2.75) is 0 Å². The Balaban J connectivity index is 1.05. The molecule has 0 saturated heterocycles. The second-order valence-corrected chi connectivity index (χ2v) is 20.2. The lowest BCUT2D eigenvalue weighted by molar-refractivity contribution is 1.07. The molecule has 4 heterocycles. The molecule has 0 amide bonds. The van der Waals surface area contributed by atoms with Crippen LogP contribution in [0.3, 0.4) is 0 Å². The van der Waals surface area contributed by atoms with Crippen molar-refractivity contribution in [2.24, 2.45) is 0 Å². The number of benzene rings is 10. The minimum atomic E-state index is 0.539. The molecule has 0 radical (unpaired) electrons. The van der Waals surface area contributed by atoms with Crippen LogP contribution in [0.4, 0.5) is 0 Å². The lowest BCUT2D eigenvalue weighted by atomic mass is 9.87. The summed E-state index contributed by atoms with van der Waals surface area (Å²) in [7, 11) is 0. The van der Waals surface area contributed by atoms with E-state index in [1.807, 2.05) is 146 Å². The molecule has 0 bridgehead atoms. The largest absolute Gasteiger partial charge is 0.245 e. The van der Waals surface area contributed by atoms with Crippen molar-refractivity contribution in [2.75, 3.05) is 0 Å². The van der Waals surface area contributed by atoms with Crippen LogP contribution < -0.4 is 0 Å². The Bertz CT molecular complexity index is 4200. The number of aromatic nitrogens is 8. The van der Waals surface area contributed by atoms with Gasteiger partial charge in [0.05, 0.1) is 22.8 Å².